The molecule has 4 nitrogen and oxygen atoms in total. The number of hydrogen-bond acceptors (Lipinski definition) is 3. The lowest BCUT2D eigenvalue weighted by atomic mass is 10.2. The van der Waals surface area contributed by atoms with Gasteiger partial charge in [-0.3, -0.25) is 9.59 Å². The Hall–Kier alpha value is -1.26. The second kappa shape index (κ2) is 5.89. The molecule has 0 heterocycles. The van der Waals surface area contributed by atoms with E-state index in [2.05, 4.69) is 0 Å². The zero-order chi connectivity index (χ0) is 13.0. The third-order valence-corrected chi connectivity index (χ3v) is 2.66. The first-order valence-corrected chi connectivity index (χ1v) is 5.48. The second-order valence-electron chi connectivity index (χ2n) is 3.50. The van der Waals surface area contributed by atoms with Crippen molar-refractivity contribution >= 4 is 35.4 Å². The van der Waals surface area contributed by atoms with E-state index in [1.807, 2.05) is 0 Å². The maximum atomic E-state index is 11.3. The van der Waals surface area contributed by atoms with E-state index in [1.165, 1.54) is 17.0 Å². The van der Waals surface area contributed by atoms with Crippen molar-refractivity contribution in [3.05, 3.63) is 27.7 Å². The van der Waals surface area contributed by atoms with Crippen molar-refractivity contribution in [1.82, 2.24) is 4.90 Å². The molecule has 0 spiro atoms. The van der Waals surface area contributed by atoms with Gasteiger partial charge in [0.05, 0.1) is 15.6 Å². The maximum Gasteiger partial charge on any atom is 0.259 e. The van der Waals surface area contributed by atoms with Crippen LogP contribution in [-0.4, -0.2) is 37.8 Å². The molecule has 0 atom stereocenters. The Kier molecular flexibility index (Phi) is 4.78. The monoisotopic (exact) mass is 275 g/mol. The van der Waals surface area contributed by atoms with Crippen molar-refractivity contribution in [3.63, 3.8) is 0 Å². The van der Waals surface area contributed by atoms with Crippen molar-refractivity contribution in [1.29, 1.82) is 0 Å². The quantitative estimate of drug-likeness (QED) is 0.792. The number of benzene rings is 1. The second-order valence-corrected chi connectivity index (χ2v) is 4.31. The van der Waals surface area contributed by atoms with Crippen LogP contribution in [0.4, 0.5) is 0 Å². The zero-order valence-electron chi connectivity index (χ0n) is 9.37. The minimum Gasteiger partial charge on any atom is -0.484 e. The van der Waals surface area contributed by atoms with Crippen LogP contribution in [0.5, 0.6) is 5.75 Å². The van der Waals surface area contributed by atoms with E-state index in [9.17, 15) is 9.59 Å². The van der Waals surface area contributed by atoms with Gasteiger partial charge in [-0.15, -0.1) is 0 Å². The number of ether oxygens (including phenoxy) is 1. The number of carbonyl (C=O) groups is 2. The number of rotatable bonds is 4. The summed E-state index contributed by atoms with van der Waals surface area (Å²) >= 11 is 11.6. The molecule has 1 amide bonds. The third kappa shape index (κ3) is 3.61. The zero-order valence-corrected chi connectivity index (χ0v) is 10.9. The Balaban J connectivity index is 2.80. The molecule has 17 heavy (non-hydrogen) atoms. The molecule has 0 aliphatic heterocycles. The van der Waals surface area contributed by atoms with Crippen LogP contribution < -0.4 is 4.74 Å². The molecule has 1 rings (SSSR count). The van der Waals surface area contributed by atoms with Gasteiger partial charge < -0.3 is 9.64 Å². The molecule has 0 saturated heterocycles. The summed E-state index contributed by atoms with van der Waals surface area (Å²) < 4.78 is 5.21. The van der Waals surface area contributed by atoms with Gasteiger partial charge in [-0.2, -0.15) is 0 Å². The fourth-order valence-corrected chi connectivity index (χ4v) is 1.59. The van der Waals surface area contributed by atoms with Gasteiger partial charge >= 0.3 is 0 Å². The summed E-state index contributed by atoms with van der Waals surface area (Å²) in [6.07, 6.45) is 0.569. The fraction of sp³-hybridized carbons (Fsp3) is 0.273. The van der Waals surface area contributed by atoms with Gasteiger partial charge in [0.15, 0.2) is 12.9 Å². The fourth-order valence-electron chi connectivity index (χ4n) is 1.03. The molecule has 0 aliphatic carbocycles. The Morgan fingerprint density at radius 3 is 2.29 bits per heavy atom. The summed E-state index contributed by atoms with van der Waals surface area (Å²) in [4.78, 5) is 23.3. The van der Waals surface area contributed by atoms with E-state index in [0.717, 1.165) is 0 Å². The Morgan fingerprint density at radius 1 is 1.35 bits per heavy atom. The summed E-state index contributed by atoms with van der Waals surface area (Å²) in [5.74, 6) is 0.164. The molecule has 0 unspecified atom stereocenters. The SMILES string of the molecule is CN(C)C(=O)COc1cc(Cl)c(C=O)c(Cl)c1. The summed E-state index contributed by atoms with van der Waals surface area (Å²) in [6.45, 7) is -0.111. The predicted octanol–water partition coefficient (Wildman–Crippen LogP) is 2.27. The van der Waals surface area contributed by atoms with E-state index in [1.54, 1.807) is 14.1 Å². The van der Waals surface area contributed by atoms with Crippen LogP contribution in [0, 0.1) is 0 Å². The van der Waals surface area contributed by atoms with Gasteiger partial charge in [0.2, 0.25) is 0 Å². The maximum absolute atomic E-state index is 11.3. The smallest absolute Gasteiger partial charge is 0.259 e. The van der Waals surface area contributed by atoms with Gasteiger partial charge in [0.1, 0.15) is 5.75 Å². The van der Waals surface area contributed by atoms with Gasteiger partial charge in [0, 0.05) is 14.1 Å². The van der Waals surface area contributed by atoms with E-state index in [0.29, 0.717) is 12.0 Å². The standard InChI is InChI=1S/C11H11Cl2NO3/c1-14(2)11(16)6-17-7-3-9(12)8(5-15)10(13)4-7/h3-5H,6H2,1-2H3. The first-order chi connectivity index (χ1) is 7.95. The van der Waals surface area contributed by atoms with Crippen LogP contribution in [0.25, 0.3) is 0 Å². The van der Waals surface area contributed by atoms with Gasteiger partial charge in [-0.25, -0.2) is 0 Å². The lowest BCUT2D eigenvalue weighted by Gasteiger charge is -2.12. The van der Waals surface area contributed by atoms with Crippen LogP contribution in [0.2, 0.25) is 10.0 Å². The summed E-state index contributed by atoms with van der Waals surface area (Å²) in [5, 5.41) is 0.389. The highest BCUT2D eigenvalue weighted by Crippen LogP contribution is 2.28. The number of hydrogen-bond donors (Lipinski definition) is 0. The third-order valence-electron chi connectivity index (χ3n) is 2.03. The highest BCUT2D eigenvalue weighted by atomic mass is 35.5. The molecule has 1 aromatic rings. The van der Waals surface area contributed by atoms with Crippen molar-refractivity contribution in [2.24, 2.45) is 0 Å². The molecule has 1 aromatic carbocycles. The average Bonchev–Trinajstić information content (AvgIpc) is 2.25. The number of likely N-dealkylation sites (N-methyl/N-ethyl adjacent to an activating group) is 1. The molecule has 0 saturated carbocycles. The van der Waals surface area contributed by atoms with Crippen LogP contribution in [0.1, 0.15) is 10.4 Å². The van der Waals surface area contributed by atoms with Gasteiger partial charge in [0.25, 0.3) is 5.91 Å². The summed E-state index contributed by atoms with van der Waals surface area (Å²) in [5.41, 5.74) is 0.208. The lowest BCUT2D eigenvalue weighted by molar-refractivity contribution is -0.130. The highest BCUT2D eigenvalue weighted by Gasteiger charge is 2.10. The van der Waals surface area contributed by atoms with E-state index in [4.69, 9.17) is 27.9 Å². The molecule has 6 heteroatoms. The topological polar surface area (TPSA) is 46.6 Å². The molecule has 0 bridgehead atoms. The predicted molar refractivity (Wildman–Crippen MR) is 66.0 cm³/mol. The number of aldehydes is 1. The molecule has 0 aliphatic rings. The molecular formula is C11H11Cl2NO3. The van der Waals surface area contributed by atoms with Crippen molar-refractivity contribution in [2.45, 2.75) is 0 Å². The van der Waals surface area contributed by atoms with Crippen molar-refractivity contribution in [2.75, 3.05) is 20.7 Å². The summed E-state index contributed by atoms with van der Waals surface area (Å²) in [7, 11) is 3.25. The lowest BCUT2D eigenvalue weighted by Crippen LogP contribution is -2.27. The molecule has 0 fully saturated rings. The molecule has 0 aromatic heterocycles. The van der Waals surface area contributed by atoms with Gasteiger partial charge in [-0.1, -0.05) is 23.2 Å². The molecule has 0 N–H and O–H groups in total. The van der Waals surface area contributed by atoms with E-state index in [-0.39, 0.29) is 28.1 Å². The van der Waals surface area contributed by atoms with E-state index < -0.39 is 0 Å². The molecular weight excluding hydrogens is 265 g/mol. The van der Waals surface area contributed by atoms with Crippen LogP contribution in [0.15, 0.2) is 12.1 Å². The molecule has 0 radical (unpaired) electrons. The summed E-state index contributed by atoms with van der Waals surface area (Å²) in [6, 6.07) is 2.89. The Morgan fingerprint density at radius 2 is 1.88 bits per heavy atom. The first kappa shape index (κ1) is 13.8. The number of amides is 1. The average molecular weight is 276 g/mol. The minimum absolute atomic E-state index is 0.111. The number of halogens is 2. The first-order valence-electron chi connectivity index (χ1n) is 4.73. The Labute approximate surface area is 109 Å². The van der Waals surface area contributed by atoms with Gasteiger partial charge in [-0.05, 0) is 12.1 Å². The van der Waals surface area contributed by atoms with Crippen LogP contribution >= 0.6 is 23.2 Å². The van der Waals surface area contributed by atoms with Crippen LogP contribution in [-0.2, 0) is 4.79 Å². The van der Waals surface area contributed by atoms with Crippen LogP contribution in [0.3, 0.4) is 0 Å². The van der Waals surface area contributed by atoms with Crippen molar-refractivity contribution < 1.29 is 14.3 Å². The Bertz CT molecular complexity index is 423. The minimum atomic E-state index is -0.184. The highest BCUT2D eigenvalue weighted by molar-refractivity contribution is 6.38. The normalized spacial score (nSPS) is 9.88. The molecule has 92 valence electrons. The van der Waals surface area contributed by atoms with Crippen molar-refractivity contribution in [3.8, 4) is 5.75 Å². The largest absolute Gasteiger partial charge is 0.484 e. The number of carbonyl (C=O) groups excluding carboxylic acids is 2. The number of nitrogens with zero attached hydrogens (tertiary/aromatic N) is 1. The van der Waals surface area contributed by atoms with E-state index >= 15 is 0 Å².